The highest BCUT2D eigenvalue weighted by Gasteiger charge is 2.09. The van der Waals surface area contributed by atoms with Crippen molar-refractivity contribution >= 4 is 11.6 Å². The van der Waals surface area contributed by atoms with Crippen molar-refractivity contribution in [2.24, 2.45) is 7.05 Å². The number of hydrogen-bond donors (Lipinski definition) is 0. The molecule has 2 aromatic rings. The number of aryl methyl sites for hydroxylation is 2. The lowest BCUT2D eigenvalue weighted by atomic mass is 10.1. The van der Waals surface area contributed by atoms with Gasteiger partial charge >= 0.3 is 0 Å². The van der Waals surface area contributed by atoms with Gasteiger partial charge < -0.3 is 0 Å². The Bertz CT molecular complexity index is 464. The van der Waals surface area contributed by atoms with E-state index in [1.54, 1.807) is 11.7 Å². The minimum Gasteiger partial charge on any atom is -0.229 e. The predicted molar refractivity (Wildman–Crippen MR) is 54.0 cm³/mol. The van der Waals surface area contributed by atoms with Gasteiger partial charge in [0.1, 0.15) is 0 Å². The lowest BCUT2D eigenvalue weighted by Crippen LogP contribution is -1.95. The van der Waals surface area contributed by atoms with Gasteiger partial charge in [-0.2, -0.15) is 0 Å². The van der Waals surface area contributed by atoms with Gasteiger partial charge in [-0.15, -0.1) is 5.10 Å². The number of rotatable bonds is 1. The van der Waals surface area contributed by atoms with Crippen LogP contribution in [0.5, 0.6) is 0 Å². The van der Waals surface area contributed by atoms with E-state index in [9.17, 15) is 0 Å². The van der Waals surface area contributed by atoms with Crippen molar-refractivity contribution in [3.8, 4) is 11.4 Å². The van der Waals surface area contributed by atoms with Gasteiger partial charge in [-0.05, 0) is 35.0 Å². The third-order valence-electron chi connectivity index (χ3n) is 1.99. The van der Waals surface area contributed by atoms with E-state index in [-0.39, 0.29) is 0 Å². The Kier molecular flexibility index (Phi) is 2.21. The Morgan fingerprint density at radius 3 is 2.71 bits per heavy atom. The minimum absolute atomic E-state index is 0.669. The molecular weight excluding hydrogens is 200 g/mol. The first-order valence-electron chi connectivity index (χ1n) is 4.17. The summed E-state index contributed by atoms with van der Waals surface area (Å²) in [6.07, 6.45) is 0. The van der Waals surface area contributed by atoms with Gasteiger partial charge in [0.15, 0.2) is 5.82 Å². The SMILES string of the molecule is Cc1ccc(-c2nnnn2C)c(Cl)c1. The van der Waals surface area contributed by atoms with Crippen LogP contribution in [0.25, 0.3) is 11.4 Å². The molecule has 1 heterocycles. The Balaban J connectivity index is 2.58. The maximum atomic E-state index is 6.08. The summed E-state index contributed by atoms with van der Waals surface area (Å²) in [7, 11) is 1.78. The van der Waals surface area contributed by atoms with Gasteiger partial charge in [0.25, 0.3) is 0 Å². The van der Waals surface area contributed by atoms with Gasteiger partial charge in [0.05, 0.1) is 5.02 Å². The fraction of sp³-hybridized carbons (Fsp3) is 0.222. The monoisotopic (exact) mass is 208 g/mol. The molecule has 1 aromatic carbocycles. The van der Waals surface area contributed by atoms with E-state index >= 15 is 0 Å². The second-order valence-electron chi connectivity index (χ2n) is 3.11. The van der Waals surface area contributed by atoms with Gasteiger partial charge in [0, 0.05) is 12.6 Å². The maximum Gasteiger partial charge on any atom is 0.183 e. The van der Waals surface area contributed by atoms with Crippen LogP contribution >= 0.6 is 11.6 Å². The zero-order valence-corrected chi connectivity index (χ0v) is 8.65. The molecule has 0 saturated heterocycles. The molecule has 0 aliphatic rings. The standard InChI is InChI=1S/C9H9ClN4/c1-6-3-4-7(8(10)5-6)9-11-12-13-14(9)2/h3-5H,1-2H3. The molecule has 0 radical (unpaired) electrons. The summed E-state index contributed by atoms with van der Waals surface area (Å²) < 4.78 is 1.59. The fourth-order valence-electron chi connectivity index (χ4n) is 1.26. The average molecular weight is 209 g/mol. The molecule has 4 nitrogen and oxygen atoms in total. The molecule has 14 heavy (non-hydrogen) atoms. The summed E-state index contributed by atoms with van der Waals surface area (Å²) in [5, 5.41) is 11.9. The van der Waals surface area contributed by atoms with E-state index in [1.165, 1.54) is 0 Å². The minimum atomic E-state index is 0.669. The van der Waals surface area contributed by atoms with Crippen LogP contribution in [0.15, 0.2) is 18.2 Å². The van der Waals surface area contributed by atoms with Crippen molar-refractivity contribution in [3.05, 3.63) is 28.8 Å². The van der Waals surface area contributed by atoms with Crippen LogP contribution in [0.4, 0.5) is 0 Å². The van der Waals surface area contributed by atoms with Gasteiger partial charge in [0.2, 0.25) is 0 Å². The molecule has 2 rings (SSSR count). The van der Waals surface area contributed by atoms with E-state index < -0.39 is 0 Å². The molecule has 72 valence electrons. The highest BCUT2D eigenvalue weighted by atomic mass is 35.5. The highest BCUT2D eigenvalue weighted by molar-refractivity contribution is 6.33. The largest absolute Gasteiger partial charge is 0.229 e. The van der Waals surface area contributed by atoms with Crippen LogP contribution in [-0.4, -0.2) is 20.2 Å². The third-order valence-corrected chi connectivity index (χ3v) is 2.30. The number of halogens is 1. The number of nitrogens with zero attached hydrogens (tertiary/aromatic N) is 4. The molecule has 0 atom stereocenters. The summed E-state index contributed by atoms with van der Waals surface area (Å²) in [5.41, 5.74) is 1.97. The topological polar surface area (TPSA) is 43.6 Å². The van der Waals surface area contributed by atoms with Crippen LogP contribution < -0.4 is 0 Å². The molecule has 0 aliphatic carbocycles. The van der Waals surface area contributed by atoms with Crippen LogP contribution in [-0.2, 0) is 7.05 Å². The zero-order chi connectivity index (χ0) is 10.1. The second-order valence-corrected chi connectivity index (χ2v) is 3.52. The molecule has 0 aliphatic heterocycles. The first kappa shape index (κ1) is 9.15. The molecule has 0 bridgehead atoms. The molecule has 5 heteroatoms. The lowest BCUT2D eigenvalue weighted by molar-refractivity contribution is 0.714. The number of hydrogen-bond acceptors (Lipinski definition) is 3. The summed E-state index contributed by atoms with van der Waals surface area (Å²) in [6.45, 7) is 1.99. The quantitative estimate of drug-likeness (QED) is 0.718. The summed E-state index contributed by atoms with van der Waals surface area (Å²) in [5.74, 6) is 0.676. The molecule has 1 aromatic heterocycles. The van der Waals surface area contributed by atoms with E-state index in [1.807, 2.05) is 25.1 Å². The Labute approximate surface area is 86.5 Å². The van der Waals surface area contributed by atoms with Crippen molar-refractivity contribution in [1.29, 1.82) is 0 Å². The number of benzene rings is 1. The van der Waals surface area contributed by atoms with Crippen LogP contribution in [0.2, 0.25) is 5.02 Å². The molecule has 0 amide bonds. The first-order valence-corrected chi connectivity index (χ1v) is 4.55. The van der Waals surface area contributed by atoms with E-state index in [0.29, 0.717) is 10.8 Å². The Morgan fingerprint density at radius 1 is 1.36 bits per heavy atom. The molecule has 0 spiro atoms. The normalized spacial score (nSPS) is 10.5. The van der Waals surface area contributed by atoms with Gasteiger partial charge in [-0.3, -0.25) is 0 Å². The van der Waals surface area contributed by atoms with Crippen LogP contribution in [0, 0.1) is 6.92 Å². The zero-order valence-electron chi connectivity index (χ0n) is 7.90. The number of tetrazole rings is 1. The molecular formula is C9H9ClN4. The Morgan fingerprint density at radius 2 is 2.14 bits per heavy atom. The van der Waals surface area contributed by atoms with Crippen LogP contribution in [0.3, 0.4) is 0 Å². The van der Waals surface area contributed by atoms with Crippen molar-refractivity contribution < 1.29 is 0 Å². The van der Waals surface area contributed by atoms with Gasteiger partial charge in [-0.1, -0.05) is 17.7 Å². The maximum absolute atomic E-state index is 6.08. The molecule has 0 saturated carbocycles. The van der Waals surface area contributed by atoms with E-state index in [4.69, 9.17) is 11.6 Å². The van der Waals surface area contributed by atoms with E-state index in [2.05, 4.69) is 15.5 Å². The van der Waals surface area contributed by atoms with Crippen molar-refractivity contribution in [3.63, 3.8) is 0 Å². The van der Waals surface area contributed by atoms with Crippen molar-refractivity contribution in [2.75, 3.05) is 0 Å². The van der Waals surface area contributed by atoms with E-state index in [0.717, 1.165) is 11.1 Å². The first-order chi connectivity index (χ1) is 6.68. The highest BCUT2D eigenvalue weighted by Crippen LogP contribution is 2.25. The second kappa shape index (κ2) is 3.38. The fourth-order valence-corrected chi connectivity index (χ4v) is 1.58. The Hall–Kier alpha value is -1.42. The summed E-state index contributed by atoms with van der Waals surface area (Å²) >= 11 is 6.08. The number of aromatic nitrogens is 4. The summed E-state index contributed by atoms with van der Waals surface area (Å²) in [6, 6.07) is 5.80. The van der Waals surface area contributed by atoms with Crippen LogP contribution in [0.1, 0.15) is 5.56 Å². The molecule has 0 unspecified atom stereocenters. The molecule has 0 N–H and O–H groups in total. The average Bonchev–Trinajstić information content (AvgIpc) is 2.52. The van der Waals surface area contributed by atoms with Crippen molar-refractivity contribution in [1.82, 2.24) is 20.2 Å². The lowest BCUT2D eigenvalue weighted by Gasteiger charge is -2.02. The molecule has 0 fully saturated rings. The van der Waals surface area contributed by atoms with Gasteiger partial charge in [-0.25, -0.2) is 4.68 Å². The smallest absolute Gasteiger partial charge is 0.183 e. The summed E-state index contributed by atoms with van der Waals surface area (Å²) in [4.78, 5) is 0. The van der Waals surface area contributed by atoms with Crippen molar-refractivity contribution in [2.45, 2.75) is 6.92 Å². The third kappa shape index (κ3) is 1.48. The predicted octanol–water partition coefficient (Wildman–Crippen LogP) is 1.84.